The molecule has 0 aromatic carbocycles. The van der Waals surface area contributed by atoms with Crippen LogP contribution in [-0.4, -0.2) is 19.0 Å². The van der Waals surface area contributed by atoms with E-state index in [-0.39, 0.29) is 11.8 Å². The Morgan fingerprint density at radius 3 is 2.93 bits per heavy atom. The van der Waals surface area contributed by atoms with E-state index in [4.69, 9.17) is 5.53 Å². The van der Waals surface area contributed by atoms with Crippen molar-refractivity contribution in [2.24, 2.45) is 17.0 Å². The Balaban J connectivity index is 1.93. The number of rotatable bonds is 6. The van der Waals surface area contributed by atoms with Crippen LogP contribution in [0, 0.1) is 11.8 Å². The van der Waals surface area contributed by atoms with Crippen molar-refractivity contribution in [2.75, 3.05) is 13.1 Å². The largest absolute Gasteiger partial charge is 0.356 e. The lowest BCUT2D eigenvalue weighted by Gasteiger charge is -2.02. The number of nitrogens with one attached hydrogen (secondary N) is 1. The monoisotopic (exact) mass is 196 g/mol. The Morgan fingerprint density at radius 2 is 2.36 bits per heavy atom. The third-order valence-corrected chi connectivity index (χ3v) is 2.49. The van der Waals surface area contributed by atoms with Gasteiger partial charge in [0.2, 0.25) is 5.91 Å². The fraction of sp³-hybridized carbons (Fsp3) is 0.889. The van der Waals surface area contributed by atoms with Gasteiger partial charge in [-0.3, -0.25) is 4.79 Å². The molecule has 2 unspecified atom stereocenters. The van der Waals surface area contributed by atoms with Crippen molar-refractivity contribution in [3.05, 3.63) is 10.4 Å². The molecule has 14 heavy (non-hydrogen) atoms. The van der Waals surface area contributed by atoms with Gasteiger partial charge in [-0.05, 0) is 30.7 Å². The van der Waals surface area contributed by atoms with Crippen LogP contribution in [0.4, 0.5) is 0 Å². The Bertz CT molecular complexity index is 247. The van der Waals surface area contributed by atoms with Crippen LogP contribution in [0.5, 0.6) is 0 Å². The van der Waals surface area contributed by atoms with Crippen LogP contribution in [-0.2, 0) is 4.79 Å². The minimum atomic E-state index is 0.182. The van der Waals surface area contributed by atoms with Crippen molar-refractivity contribution in [2.45, 2.75) is 26.2 Å². The Labute approximate surface area is 83.5 Å². The first kappa shape index (κ1) is 10.9. The van der Waals surface area contributed by atoms with E-state index in [9.17, 15) is 4.79 Å². The van der Waals surface area contributed by atoms with E-state index < -0.39 is 0 Å². The van der Waals surface area contributed by atoms with Gasteiger partial charge >= 0.3 is 0 Å². The van der Waals surface area contributed by atoms with E-state index in [1.54, 1.807) is 0 Å². The SMILES string of the molecule is CC1CC1C(=O)NCCCCN=[N+]=[N-]. The molecule has 0 aromatic heterocycles. The molecule has 0 aromatic rings. The first-order chi connectivity index (χ1) is 6.75. The number of carbonyl (C=O) groups is 1. The van der Waals surface area contributed by atoms with E-state index >= 15 is 0 Å². The second kappa shape index (κ2) is 5.50. The standard InChI is InChI=1S/C9H16N4O/c1-7-6-8(7)9(14)11-4-2-3-5-12-13-10/h7-8H,2-6H2,1H3,(H,11,14). The second-order valence-corrected chi connectivity index (χ2v) is 3.77. The van der Waals surface area contributed by atoms with Gasteiger partial charge in [0.05, 0.1) is 0 Å². The molecule has 78 valence electrons. The summed E-state index contributed by atoms with van der Waals surface area (Å²) in [6, 6.07) is 0. The van der Waals surface area contributed by atoms with Crippen LogP contribution in [0.1, 0.15) is 26.2 Å². The molecule has 0 aliphatic heterocycles. The molecule has 0 heterocycles. The van der Waals surface area contributed by atoms with E-state index in [1.807, 2.05) is 0 Å². The summed E-state index contributed by atoms with van der Waals surface area (Å²) in [5, 5.41) is 6.29. The first-order valence-corrected chi connectivity index (χ1v) is 5.04. The zero-order chi connectivity index (χ0) is 10.4. The smallest absolute Gasteiger partial charge is 0.223 e. The summed E-state index contributed by atoms with van der Waals surface area (Å²) in [6.45, 7) is 3.31. The molecule has 1 N–H and O–H groups in total. The number of carbonyl (C=O) groups excluding carboxylic acids is 1. The van der Waals surface area contributed by atoms with Gasteiger partial charge in [0.1, 0.15) is 0 Å². The summed E-state index contributed by atoms with van der Waals surface area (Å²) in [5.74, 6) is 1.01. The number of hydrogen-bond acceptors (Lipinski definition) is 2. The van der Waals surface area contributed by atoms with Crippen molar-refractivity contribution in [1.29, 1.82) is 0 Å². The molecular formula is C9H16N4O. The summed E-state index contributed by atoms with van der Waals surface area (Å²) in [4.78, 5) is 14.0. The van der Waals surface area contributed by atoms with Gasteiger partial charge in [-0.15, -0.1) is 0 Å². The molecule has 1 amide bonds. The number of hydrogen-bond donors (Lipinski definition) is 1. The normalized spacial score (nSPS) is 23.8. The topological polar surface area (TPSA) is 77.9 Å². The molecule has 0 bridgehead atoms. The average Bonchev–Trinajstić information content (AvgIpc) is 2.88. The maximum atomic E-state index is 11.3. The highest BCUT2D eigenvalue weighted by molar-refractivity contribution is 5.81. The molecule has 2 atom stereocenters. The van der Waals surface area contributed by atoms with Gasteiger partial charge in [-0.1, -0.05) is 12.0 Å². The molecule has 5 nitrogen and oxygen atoms in total. The van der Waals surface area contributed by atoms with Crippen molar-refractivity contribution in [3.8, 4) is 0 Å². The quantitative estimate of drug-likeness (QED) is 0.299. The van der Waals surface area contributed by atoms with Crippen LogP contribution in [0.3, 0.4) is 0 Å². The van der Waals surface area contributed by atoms with Crippen LogP contribution in [0.15, 0.2) is 5.11 Å². The predicted octanol–water partition coefficient (Wildman–Crippen LogP) is 1.85. The van der Waals surface area contributed by atoms with E-state index in [2.05, 4.69) is 22.3 Å². The van der Waals surface area contributed by atoms with Crippen LogP contribution < -0.4 is 5.32 Å². The Hall–Kier alpha value is -1.22. The number of azide groups is 1. The van der Waals surface area contributed by atoms with E-state index in [1.165, 1.54) is 0 Å². The molecule has 0 spiro atoms. The fourth-order valence-electron chi connectivity index (χ4n) is 1.38. The first-order valence-electron chi connectivity index (χ1n) is 5.04. The maximum Gasteiger partial charge on any atom is 0.223 e. The molecule has 1 aliphatic carbocycles. The van der Waals surface area contributed by atoms with Gasteiger partial charge < -0.3 is 5.32 Å². The molecule has 1 aliphatic rings. The number of amides is 1. The van der Waals surface area contributed by atoms with Crippen molar-refractivity contribution in [1.82, 2.24) is 5.32 Å². The van der Waals surface area contributed by atoms with Crippen molar-refractivity contribution < 1.29 is 4.79 Å². The van der Waals surface area contributed by atoms with Gasteiger partial charge in [0.25, 0.3) is 0 Å². The summed E-state index contributed by atoms with van der Waals surface area (Å²) >= 11 is 0. The predicted molar refractivity (Wildman–Crippen MR) is 53.5 cm³/mol. The summed E-state index contributed by atoms with van der Waals surface area (Å²) in [6.07, 6.45) is 2.75. The van der Waals surface area contributed by atoms with E-state index in [0.717, 1.165) is 19.3 Å². The zero-order valence-corrected chi connectivity index (χ0v) is 8.44. The van der Waals surface area contributed by atoms with Gasteiger partial charge in [0.15, 0.2) is 0 Å². The number of nitrogens with zero attached hydrogens (tertiary/aromatic N) is 3. The molecular weight excluding hydrogens is 180 g/mol. The molecule has 1 saturated carbocycles. The van der Waals surface area contributed by atoms with E-state index in [0.29, 0.717) is 19.0 Å². The van der Waals surface area contributed by atoms with Crippen LogP contribution in [0.25, 0.3) is 10.4 Å². The molecule has 5 heteroatoms. The lowest BCUT2D eigenvalue weighted by atomic mass is 10.3. The summed E-state index contributed by atoms with van der Waals surface area (Å²) in [7, 11) is 0. The van der Waals surface area contributed by atoms with Crippen LogP contribution >= 0.6 is 0 Å². The molecule has 0 radical (unpaired) electrons. The van der Waals surface area contributed by atoms with Crippen LogP contribution in [0.2, 0.25) is 0 Å². The highest BCUT2D eigenvalue weighted by atomic mass is 16.2. The molecule has 1 rings (SSSR count). The molecule has 1 fully saturated rings. The van der Waals surface area contributed by atoms with Crippen molar-refractivity contribution in [3.63, 3.8) is 0 Å². The lowest BCUT2D eigenvalue weighted by Crippen LogP contribution is -2.26. The maximum absolute atomic E-state index is 11.3. The van der Waals surface area contributed by atoms with Gasteiger partial charge in [-0.25, -0.2) is 0 Å². The van der Waals surface area contributed by atoms with Gasteiger partial charge in [-0.2, -0.15) is 0 Å². The average molecular weight is 196 g/mol. The second-order valence-electron chi connectivity index (χ2n) is 3.77. The fourth-order valence-corrected chi connectivity index (χ4v) is 1.38. The Kier molecular flexibility index (Phi) is 4.26. The summed E-state index contributed by atoms with van der Waals surface area (Å²) < 4.78 is 0. The highest BCUT2D eigenvalue weighted by Gasteiger charge is 2.38. The lowest BCUT2D eigenvalue weighted by molar-refractivity contribution is -0.122. The third kappa shape index (κ3) is 3.66. The molecule has 0 saturated heterocycles. The highest BCUT2D eigenvalue weighted by Crippen LogP contribution is 2.37. The third-order valence-electron chi connectivity index (χ3n) is 2.49. The minimum Gasteiger partial charge on any atom is -0.356 e. The van der Waals surface area contributed by atoms with Gasteiger partial charge in [0, 0.05) is 23.9 Å². The Morgan fingerprint density at radius 1 is 1.64 bits per heavy atom. The number of unbranched alkanes of at least 4 members (excludes halogenated alkanes) is 1. The van der Waals surface area contributed by atoms with Crippen molar-refractivity contribution >= 4 is 5.91 Å². The summed E-state index contributed by atoms with van der Waals surface area (Å²) in [5.41, 5.74) is 8.01. The zero-order valence-electron chi connectivity index (χ0n) is 8.44. The minimum absolute atomic E-state index is 0.182.